The molecule has 1 aromatic heterocycles. The molecular weight excluding hydrogens is 306 g/mol. The summed E-state index contributed by atoms with van der Waals surface area (Å²) in [5.41, 5.74) is 4.84. The number of aromatic amines is 1. The first-order valence-electron chi connectivity index (χ1n) is 7.60. The minimum atomic E-state index is -0.263. The van der Waals surface area contributed by atoms with Crippen LogP contribution in [0, 0.1) is 0 Å². The Morgan fingerprint density at radius 1 is 1.12 bits per heavy atom. The lowest BCUT2D eigenvalue weighted by Crippen LogP contribution is -2.17. The van der Waals surface area contributed by atoms with Crippen molar-refractivity contribution < 1.29 is 14.3 Å². The average molecular weight is 321 g/mol. The zero-order valence-corrected chi connectivity index (χ0v) is 12.8. The lowest BCUT2D eigenvalue weighted by atomic mass is 10.2. The molecule has 1 aliphatic heterocycles. The monoisotopic (exact) mass is 321 g/mol. The summed E-state index contributed by atoms with van der Waals surface area (Å²) in [5.74, 6) is 1.15. The van der Waals surface area contributed by atoms with E-state index in [9.17, 15) is 4.79 Å². The van der Waals surface area contributed by atoms with Gasteiger partial charge >= 0.3 is 0 Å². The van der Waals surface area contributed by atoms with Crippen LogP contribution in [0.4, 0.5) is 0 Å². The molecule has 3 aromatic rings. The Balaban J connectivity index is 1.48. The van der Waals surface area contributed by atoms with E-state index in [0.29, 0.717) is 24.5 Å². The van der Waals surface area contributed by atoms with Gasteiger partial charge in [-0.1, -0.05) is 18.2 Å². The number of carbonyl (C=O) groups is 1. The molecule has 2 aromatic carbocycles. The van der Waals surface area contributed by atoms with E-state index in [2.05, 4.69) is 15.5 Å². The summed E-state index contributed by atoms with van der Waals surface area (Å²) in [5, 5.41) is 4.88. The van der Waals surface area contributed by atoms with Crippen molar-refractivity contribution in [3.63, 3.8) is 0 Å². The van der Waals surface area contributed by atoms with Gasteiger partial charge in [0, 0.05) is 17.1 Å². The summed E-state index contributed by atoms with van der Waals surface area (Å²) < 4.78 is 11.0. The third kappa shape index (κ3) is 2.69. The van der Waals surface area contributed by atoms with Crippen molar-refractivity contribution in [2.24, 2.45) is 5.10 Å². The maximum atomic E-state index is 12.3. The molecule has 0 saturated heterocycles. The van der Waals surface area contributed by atoms with Crippen LogP contribution in [-0.2, 0) is 0 Å². The molecule has 0 spiro atoms. The molecule has 4 rings (SSSR count). The summed E-state index contributed by atoms with van der Waals surface area (Å²) in [7, 11) is 0. The van der Waals surface area contributed by atoms with E-state index in [1.54, 1.807) is 12.4 Å². The van der Waals surface area contributed by atoms with Crippen LogP contribution in [0.15, 0.2) is 53.8 Å². The molecule has 0 bridgehead atoms. The standard InChI is InChI=1S/C18H15N3O3/c22-18(14-11-19-15-4-2-1-3-13(14)15)21-20-10-12-5-6-16-17(9-12)24-8-7-23-16/h1-6,9-11,19H,7-8H2,(H,21,22)/b20-10+. The Labute approximate surface area is 138 Å². The van der Waals surface area contributed by atoms with E-state index in [4.69, 9.17) is 9.47 Å². The molecular formula is C18H15N3O3. The van der Waals surface area contributed by atoms with Gasteiger partial charge in [0.15, 0.2) is 11.5 Å². The smallest absolute Gasteiger partial charge is 0.273 e. The summed E-state index contributed by atoms with van der Waals surface area (Å²) >= 11 is 0. The zero-order valence-electron chi connectivity index (χ0n) is 12.8. The number of amides is 1. The normalized spacial score (nSPS) is 13.3. The maximum Gasteiger partial charge on any atom is 0.273 e. The number of rotatable bonds is 3. The summed E-state index contributed by atoms with van der Waals surface area (Å²) in [6.07, 6.45) is 3.25. The average Bonchev–Trinajstić information content (AvgIpc) is 3.06. The van der Waals surface area contributed by atoms with Gasteiger partial charge in [-0.05, 0) is 29.8 Å². The lowest BCUT2D eigenvalue weighted by Gasteiger charge is -2.18. The minimum Gasteiger partial charge on any atom is -0.486 e. The molecule has 6 nitrogen and oxygen atoms in total. The van der Waals surface area contributed by atoms with Crippen LogP contribution in [0.2, 0.25) is 0 Å². The van der Waals surface area contributed by atoms with Gasteiger partial charge in [0.2, 0.25) is 0 Å². The topological polar surface area (TPSA) is 75.7 Å². The lowest BCUT2D eigenvalue weighted by molar-refractivity contribution is 0.0957. The van der Waals surface area contributed by atoms with Crippen molar-refractivity contribution in [3.8, 4) is 11.5 Å². The number of para-hydroxylation sites is 1. The van der Waals surface area contributed by atoms with E-state index in [1.165, 1.54) is 0 Å². The first kappa shape index (κ1) is 14.3. The Bertz CT molecular complexity index is 930. The number of nitrogens with zero attached hydrogens (tertiary/aromatic N) is 1. The largest absolute Gasteiger partial charge is 0.486 e. The van der Waals surface area contributed by atoms with Crippen molar-refractivity contribution in [1.82, 2.24) is 10.4 Å². The highest BCUT2D eigenvalue weighted by Gasteiger charge is 2.12. The van der Waals surface area contributed by atoms with Crippen LogP contribution >= 0.6 is 0 Å². The number of carbonyl (C=O) groups excluding carboxylic acids is 1. The highest BCUT2D eigenvalue weighted by Crippen LogP contribution is 2.30. The summed E-state index contributed by atoms with van der Waals surface area (Å²) in [6.45, 7) is 1.09. The van der Waals surface area contributed by atoms with E-state index in [1.807, 2.05) is 42.5 Å². The van der Waals surface area contributed by atoms with E-state index in [-0.39, 0.29) is 5.91 Å². The molecule has 0 fully saturated rings. The Kier molecular flexibility index (Phi) is 3.63. The maximum absolute atomic E-state index is 12.3. The predicted octanol–water partition coefficient (Wildman–Crippen LogP) is 2.70. The Hall–Kier alpha value is -3.28. The van der Waals surface area contributed by atoms with Gasteiger partial charge in [-0.3, -0.25) is 4.79 Å². The summed E-state index contributed by atoms with van der Waals surface area (Å²) in [4.78, 5) is 15.3. The van der Waals surface area contributed by atoms with Crippen LogP contribution in [0.1, 0.15) is 15.9 Å². The van der Waals surface area contributed by atoms with Gasteiger partial charge in [-0.2, -0.15) is 5.10 Å². The molecule has 1 aliphatic rings. The molecule has 2 N–H and O–H groups in total. The fraction of sp³-hybridized carbons (Fsp3) is 0.111. The molecule has 2 heterocycles. The Morgan fingerprint density at radius 2 is 1.96 bits per heavy atom. The van der Waals surface area contributed by atoms with Crippen molar-refractivity contribution in [2.45, 2.75) is 0 Å². The third-order valence-corrected chi connectivity index (χ3v) is 3.78. The molecule has 120 valence electrons. The number of hydrogen-bond acceptors (Lipinski definition) is 4. The molecule has 0 saturated carbocycles. The second kappa shape index (κ2) is 6.08. The minimum absolute atomic E-state index is 0.263. The van der Waals surface area contributed by atoms with E-state index >= 15 is 0 Å². The first-order chi connectivity index (χ1) is 11.8. The quantitative estimate of drug-likeness (QED) is 0.575. The molecule has 0 aliphatic carbocycles. The molecule has 0 atom stereocenters. The van der Waals surface area contributed by atoms with Crippen LogP contribution < -0.4 is 14.9 Å². The number of hydrazone groups is 1. The molecule has 0 radical (unpaired) electrons. The Morgan fingerprint density at radius 3 is 2.88 bits per heavy atom. The fourth-order valence-corrected chi connectivity index (χ4v) is 2.63. The first-order valence-corrected chi connectivity index (χ1v) is 7.60. The van der Waals surface area contributed by atoms with Crippen molar-refractivity contribution >= 4 is 23.0 Å². The van der Waals surface area contributed by atoms with Gasteiger partial charge in [0.1, 0.15) is 13.2 Å². The van der Waals surface area contributed by atoms with Gasteiger partial charge < -0.3 is 14.5 Å². The van der Waals surface area contributed by atoms with Crippen molar-refractivity contribution in [1.29, 1.82) is 0 Å². The number of fused-ring (bicyclic) bond motifs is 2. The third-order valence-electron chi connectivity index (χ3n) is 3.78. The second-order valence-electron chi connectivity index (χ2n) is 5.35. The van der Waals surface area contributed by atoms with Crippen LogP contribution in [0.25, 0.3) is 10.9 Å². The number of H-pyrrole nitrogens is 1. The van der Waals surface area contributed by atoms with Gasteiger partial charge in [-0.25, -0.2) is 5.43 Å². The number of ether oxygens (including phenoxy) is 2. The summed E-state index contributed by atoms with van der Waals surface area (Å²) in [6, 6.07) is 13.1. The zero-order chi connectivity index (χ0) is 16.4. The SMILES string of the molecule is O=C(N/N=C/c1ccc2c(c1)OCCO2)c1c[nH]c2ccccc12. The number of hydrogen-bond donors (Lipinski definition) is 2. The highest BCUT2D eigenvalue weighted by molar-refractivity contribution is 6.06. The number of nitrogens with one attached hydrogen (secondary N) is 2. The molecule has 0 unspecified atom stereocenters. The number of benzene rings is 2. The van der Waals surface area contributed by atoms with Crippen LogP contribution in [0.5, 0.6) is 11.5 Å². The van der Waals surface area contributed by atoms with Gasteiger partial charge in [0.05, 0.1) is 11.8 Å². The number of aromatic nitrogens is 1. The van der Waals surface area contributed by atoms with Crippen molar-refractivity contribution in [3.05, 3.63) is 59.8 Å². The predicted molar refractivity (Wildman–Crippen MR) is 90.8 cm³/mol. The van der Waals surface area contributed by atoms with Crippen LogP contribution in [-0.4, -0.2) is 30.3 Å². The molecule has 24 heavy (non-hydrogen) atoms. The van der Waals surface area contributed by atoms with Gasteiger partial charge in [0.25, 0.3) is 5.91 Å². The molecule has 6 heteroatoms. The highest BCUT2D eigenvalue weighted by atomic mass is 16.6. The van der Waals surface area contributed by atoms with E-state index in [0.717, 1.165) is 22.2 Å². The van der Waals surface area contributed by atoms with E-state index < -0.39 is 0 Å². The van der Waals surface area contributed by atoms with Gasteiger partial charge in [-0.15, -0.1) is 0 Å². The second-order valence-corrected chi connectivity index (χ2v) is 5.35. The fourth-order valence-electron chi connectivity index (χ4n) is 2.63. The molecule has 1 amide bonds. The van der Waals surface area contributed by atoms with Crippen molar-refractivity contribution in [2.75, 3.05) is 13.2 Å². The van der Waals surface area contributed by atoms with Crippen LogP contribution in [0.3, 0.4) is 0 Å².